The molecule has 2 aromatic heterocycles. The predicted octanol–water partition coefficient (Wildman–Crippen LogP) is 1.91. The van der Waals surface area contributed by atoms with Crippen LogP contribution in [0.15, 0.2) is 22.3 Å². The van der Waals surface area contributed by atoms with Crippen LogP contribution in [0.4, 0.5) is 0 Å². The first-order chi connectivity index (χ1) is 10.6. The number of carbonyl (C=O) groups is 1. The smallest absolute Gasteiger partial charge is 0.274 e. The summed E-state index contributed by atoms with van der Waals surface area (Å²) < 4.78 is 1.19. The number of amides is 1. The third-order valence-electron chi connectivity index (χ3n) is 3.87. The second kappa shape index (κ2) is 6.00. The van der Waals surface area contributed by atoms with Crippen molar-refractivity contribution in [3.8, 4) is 0 Å². The van der Waals surface area contributed by atoms with Gasteiger partial charge >= 0.3 is 0 Å². The largest absolute Gasteiger partial charge is 0.328 e. The molecule has 1 fully saturated rings. The van der Waals surface area contributed by atoms with Gasteiger partial charge in [0, 0.05) is 30.7 Å². The van der Waals surface area contributed by atoms with E-state index in [9.17, 15) is 9.59 Å². The van der Waals surface area contributed by atoms with Gasteiger partial charge in [0.05, 0.1) is 6.04 Å². The van der Waals surface area contributed by atoms with Crippen molar-refractivity contribution in [1.82, 2.24) is 19.7 Å². The lowest BCUT2D eigenvalue weighted by atomic mass is 10.0. The van der Waals surface area contributed by atoms with E-state index in [-0.39, 0.29) is 17.5 Å². The molecular weight excluding hydrogens is 300 g/mol. The van der Waals surface area contributed by atoms with Gasteiger partial charge in [0.25, 0.3) is 11.5 Å². The van der Waals surface area contributed by atoms with Crippen LogP contribution in [0.5, 0.6) is 0 Å². The van der Waals surface area contributed by atoms with Crippen LogP contribution < -0.4 is 5.56 Å². The number of likely N-dealkylation sites (tertiary alicyclic amines) is 1. The Hall–Kier alpha value is -2.02. The molecule has 6 nitrogen and oxygen atoms in total. The fourth-order valence-electron chi connectivity index (χ4n) is 2.72. The molecule has 116 valence electrons. The molecule has 0 radical (unpaired) electrons. The minimum atomic E-state index is -0.220. The molecule has 3 rings (SSSR count). The number of thiazole rings is 1. The van der Waals surface area contributed by atoms with Crippen LogP contribution in [0, 0.1) is 6.92 Å². The lowest BCUT2D eigenvalue weighted by Gasteiger charge is -2.34. The highest BCUT2D eigenvalue weighted by molar-refractivity contribution is 7.09. The fraction of sp³-hybridized carbons (Fsp3) is 0.467. The average molecular weight is 318 g/mol. The fourth-order valence-corrected chi connectivity index (χ4v) is 3.66. The highest BCUT2D eigenvalue weighted by Crippen LogP contribution is 2.33. The van der Waals surface area contributed by atoms with Gasteiger partial charge in [-0.05, 0) is 32.3 Å². The summed E-state index contributed by atoms with van der Waals surface area (Å²) in [4.78, 5) is 30.6. The summed E-state index contributed by atoms with van der Waals surface area (Å²) >= 11 is 1.60. The summed E-state index contributed by atoms with van der Waals surface area (Å²) in [6.45, 7) is 2.66. The second-order valence-electron chi connectivity index (χ2n) is 5.52. The minimum absolute atomic E-state index is 0.0129. The Labute approximate surface area is 132 Å². The van der Waals surface area contributed by atoms with E-state index in [1.165, 1.54) is 16.8 Å². The number of nitrogens with zero attached hydrogens (tertiary/aromatic N) is 4. The van der Waals surface area contributed by atoms with Crippen LogP contribution in [-0.2, 0) is 7.05 Å². The first kappa shape index (κ1) is 14.9. The van der Waals surface area contributed by atoms with Gasteiger partial charge in [-0.3, -0.25) is 9.59 Å². The van der Waals surface area contributed by atoms with Crippen molar-refractivity contribution < 1.29 is 4.79 Å². The molecule has 2 aromatic rings. The molecule has 1 aliphatic rings. The van der Waals surface area contributed by atoms with Crippen molar-refractivity contribution in [1.29, 1.82) is 0 Å². The zero-order valence-electron chi connectivity index (χ0n) is 12.7. The Kier molecular flexibility index (Phi) is 4.06. The van der Waals surface area contributed by atoms with Crippen molar-refractivity contribution in [2.45, 2.75) is 32.2 Å². The SMILES string of the molecule is Cc1csc([C@H]2CCCCN2C(=O)c2ccc(=O)n(C)n2)n1. The average Bonchev–Trinajstić information content (AvgIpc) is 2.96. The molecule has 0 spiro atoms. The van der Waals surface area contributed by atoms with Crippen molar-refractivity contribution >= 4 is 17.2 Å². The lowest BCUT2D eigenvalue weighted by Crippen LogP contribution is -2.39. The number of aromatic nitrogens is 3. The number of carbonyl (C=O) groups excluding carboxylic acids is 1. The molecule has 22 heavy (non-hydrogen) atoms. The van der Waals surface area contributed by atoms with E-state index in [0.29, 0.717) is 12.2 Å². The van der Waals surface area contributed by atoms with E-state index < -0.39 is 0 Å². The summed E-state index contributed by atoms with van der Waals surface area (Å²) in [5.74, 6) is -0.131. The number of aryl methyl sites for hydroxylation is 2. The van der Waals surface area contributed by atoms with Crippen LogP contribution in [0.1, 0.15) is 46.5 Å². The van der Waals surface area contributed by atoms with E-state index in [1.54, 1.807) is 18.4 Å². The monoisotopic (exact) mass is 318 g/mol. The highest BCUT2D eigenvalue weighted by atomic mass is 32.1. The van der Waals surface area contributed by atoms with Gasteiger partial charge in [0.15, 0.2) is 0 Å². The van der Waals surface area contributed by atoms with Crippen molar-refractivity contribution in [2.75, 3.05) is 6.54 Å². The molecule has 0 bridgehead atoms. The molecular formula is C15H18N4O2S. The molecule has 0 aliphatic carbocycles. The molecule has 0 saturated carbocycles. The number of piperidine rings is 1. The molecule has 0 aromatic carbocycles. The van der Waals surface area contributed by atoms with Crippen molar-refractivity contribution in [2.24, 2.45) is 7.05 Å². The van der Waals surface area contributed by atoms with Gasteiger partial charge < -0.3 is 4.90 Å². The maximum Gasteiger partial charge on any atom is 0.274 e. The van der Waals surface area contributed by atoms with Gasteiger partial charge in [0.2, 0.25) is 0 Å². The van der Waals surface area contributed by atoms with E-state index >= 15 is 0 Å². The molecule has 0 unspecified atom stereocenters. The van der Waals surface area contributed by atoms with Gasteiger partial charge in [0.1, 0.15) is 10.7 Å². The predicted molar refractivity (Wildman–Crippen MR) is 84.0 cm³/mol. The van der Waals surface area contributed by atoms with Crippen molar-refractivity contribution in [3.05, 3.63) is 44.3 Å². The van der Waals surface area contributed by atoms with Crippen LogP contribution in [-0.4, -0.2) is 32.1 Å². The van der Waals surface area contributed by atoms with Crippen LogP contribution >= 0.6 is 11.3 Å². The zero-order chi connectivity index (χ0) is 15.7. The van der Waals surface area contributed by atoms with Crippen LogP contribution in [0.3, 0.4) is 0 Å². The third kappa shape index (κ3) is 2.81. The van der Waals surface area contributed by atoms with Crippen molar-refractivity contribution in [3.63, 3.8) is 0 Å². The number of hydrogen-bond acceptors (Lipinski definition) is 5. The number of hydrogen-bond donors (Lipinski definition) is 0. The standard InChI is InChI=1S/C15H18N4O2S/c1-10-9-22-14(16-10)12-5-3-4-8-19(12)15(21)11-6-7-13(20)18(2)17-11/h6-7,9,12H,3-5,8H2,1-2H3/t12-/m1/s1. The summed E-state index contributed by atoms with van der Waals surface area (Å²) in [5.41, 5.74) is 1.07. The first-order valence-electron chi connectivity index (χ1n) is 7.33. The van der Waals surface area contributed by atoms with Gasteiger partial charge in [-0.15, -0.1) is 11.3 Å². The minimum Gasteiger partial charge on any atom is -0.328 e. The molecule has 1 aliphatic heterocycles. The third-order valence-corrected chi connectivity index (χ3v) is 4.93. The molecule has 1 atom stereocenters. The first-order valence-corrected chi connectivity index (χ1v) is 8.21. The Balaban J connectivity index is 1.91. The Morgan fingerprint density at radius 1 is 1.36 bits per heavy atom. The molecule has 1 amide bonds. The van der Waals surface area contributed by atoms with Crippen LogP contribution in [0.25, 0.3) is 0 Å². The van der Waals surface area contributed by atoms with Crippen LogP contribution in [0.2, 0.25) is 0 Å². The van der Waals surface area contributed by atoms with E-state index in [2.05, 4.69) is 10.1 Å². The highest BCUT2D eigenvalue weighted by Gasteiger charge is 2.31. The quantitative estimate of drug-likeness (QED) is 0.848. The maximum absolute atomic E-state index is 12.8. The Bertz CT molecular complexity index is 752. The Morgan fingerprint density at radius 3 is 2.86 bits per heavy atom. The summed E-state index contributed by atoms with van der Waals surface area (Å²) in [7, 11) is 1.55. The van der Waals surface area contributed by atoms with E-state index in [4.69, 9.17) is 0 Å². The molecule has 0 N–H and O–H groups in total. The lowest BCUT2D eigenvalue weighted by molar-refractivity contribution is 0.0602. The van der Waals surface area contributed by atoms with Gasteiger partial charge in [-0.25, -0.2) is 9.67 Å². The Morgan fingerprint density at radius 2 is 2.18 bits per heavy atom. The number of rotatable bonds is 2. The second-order valence-corrected chi connectivity index (χ2v) is 6.41. The maximum atomic E-state index is 12.8. The summed E-state index contributed by atoms with van der Waals surface area (Å²) in [5, 5.41) is 7.07. The van der Waals surface area contributed by atoms with Gasteiger partial charge in [-0.2, -0.15) is 5.10 Å². The topological polar surface area (TPSA) is 68.1 Å². The van der Waals surface area contributed by atoms with E-state index in [0.717, 1.165) is 30.0 Å². The molecule has 1 saturated heterocycles. The summed E-state index contributed by atoms with van der Waals surface area (Å²) in [6.07, 6.45) is 3.00. The van der Waals surface area contributed by atoms with Gasteiger partial charge in [-0.1, -0.05) is 0 Å². The van der Waals surface area contributed by atoms with E-state index in [1.807, 2.05) is 17.2 Å². The summed E-state index contributed by atoms with van der Waals surface area (Å²) in [6, 6.07) is 2.90. The molecule has 7 heteroatoms. The molecule has 3 heterocycles. The normalized spacial score (nSPS) is 18.5. The zero-order valence-corrected chi connectivity index (χ0v) is 13.5.